The highest BCUT2D eigenvalue weighted by Crippen LogP contribution is 2.22. The number of pyridine rings is 1. The highest BCUT2D eigenvalue weighted by Gasteiger charge is 2.18. The van der Waals surface area contributed by atoms with E-state index in [1.54, 1.807) is 0 Å². The molecule has 0 atom stereocenters. The summed E-state index contributed by atoms with van der Waals surface area (Å²) in [5.41, 5.74) is 0. The molecule has 0 aliphatic rings. The van der Waals surface area contributed by atoms with Gasteiger partial charge in [0.05, 0.1) is 0 Å². The van der Waals surface area contributed by atoms with Crippen molar-refractivity contribution in [2.75, 3.05) is 0 Å². The minimum Gasteiger partial charge on any atom is -0.241 e. The molecule has 0 aromatic carbocycles. The van der Waals surface area contributed by atoms with Crippen molar-refractivity contribution in [2.45, 2.75) is 4.90 Å². The average molecular weight is 230 g/mol. The van der Waals surface area contributed by atoms with Crippen LogP contribution in [0, 0.1) is 5.82 Å². The molecule has 0 aliphatic carbocycles. The normalized spacial score (nSPS) is 11.6. The number of hydrogen-bond donors (Lipinski definition) is 0. The van der Waals surface area contributed by atoms with Crippen molar-refractivity contribution in [1.82, 2.24) is 4.98 Å². The summed E-state index contributed by atoms with van der Waals surface area (Å²) in [4.78, 5) is 2.66. The molecule has 0 aliphatic heterocycles. The molecule has 0 radical (unpaired) electrons. The number of hydrogen-bond acceptors (Lipinski definition) is 3. The highest BCUT2D eigenvalue weighted by atomic mass is 35.7. The summed E-state index contributed by atoms with van der Waals surface area (Å²) in [7, 11) is 0.798. The molecule has 0 fully saturated rings. The Morgan fingerprint density at radius 3 is 2.50 bits per heavy atom. The second-order valence-corrected chi connectivity index (χ2v) is 4.74. The monoisotopic (exact) mass is 229 g/mol. The lowest BCUT2D eigenvalue weighted by atomic mass is 10.5. The smallest absolute Gasteiger partial charge is 0.241 e. The maximum absolute atomic E-state index is 12.8. The van der Waals surface area contributed by atoms with Crippen molar-refractivity contribution in [3.63, 3.8) is 0 Å². The summed E-state index contributed by atoms with van der Waals surface area (Å²) in [6.45, 7) is 0. The van der Waals surface area contributed by atoms with Gasteiger partial charge in [-0.15, -0.1) is 0 Å². The van der Waals surface area contributed by atoms with Gasteiger partial charge in [-0.3, -0.25) is 0 Å². The fourth-order valence-corrected chi connectivity index (χ4v) is 1.70. The van der Waals surface area contributed by atoms with Crippen molar-refractivity contribution in [3.8, 4) is 0 Å². The molecule has 3 nitrogen and oxygen atoms in total. The molecule has 0 saturated carbocycles. The van der Waals surface area contributed by atoms with Crippen LogP contribution >= 0.6 is 22.3 Å². The summed E-state index contributed by atoms with van der Waals surface area (Å²) in [6.07, 6.45) is 1.06. The van der Waals surface area contributed by atoms with E-state index in [-0.39, 0.29) is 0 Å². The van der Waals surface area contributed by atoms with E-state index in [2.05, 4.69) is 4.98 Å². The molecule has 66 valence electrons. The Hall–Kier alpha value is -0.390. The van der Waals surface area contributed by atoms with Crippen molar-refractivity contribution in [3.05, 3.63) is 23.2 Å². The van der Waals surface area contributed by atoms with Crippen molar-refractivity contribution in [2.24, 2.45) is 0 Å². The number of aromatic nitrogens is 1. The molecule has 7 heteroatoms. The summed E-state index contributed by atoms with van der Waals surface area (Å²) < 4.78 is 34.1. The minimum absolute atomic E-state index is 0.517. The van der Waals surface area contributed by atoms with Crippen molar-refractivity contribution < 1.29 is 12.8 Å². The van der Waals surface area contributed by atoms with Crippen LogP contribution in [0.3, 0.4) is 0 Å². The molecule has 1 aromatic heterocycles. The molecule has 1 heterocycles. The maximum atomic E-state index is 12.8. The largest absolute Gasteiger partial charge is 0.264 e. The van der Waals surface area contributed by atoms with E-state index < -0.39 is 24.9 Å². The second-order valence-electron chi connectivity index (χ2n) is 1.85. The zero-order chi connectivity index (χ0) is 9.35. The fourth-order valence-electron chi connectivity index (χ4n) is 0.590. The SMILES string of the molecule is O=S(=O)(Cl)c1ccnc(Cl)c1F. The first kappa shape index (κ1) is 9.70. The van der Waals surface area contributed by atoms with E-state index in [0.29, 0.717) is 0 Å². The number of halogens is 3. The molecule has 12 heavy (non-hydrogen) atoms. The lowest BCUT2D eigenvalue weighted by molar-refractivity contribution is 0.571. The zero-order valence-electron chi connectivity index (χ0n) is 5.46. The van der Waals surface area contributed by atoms with Gasteiger partial charge >= 0.3 is 0 Å². The van der Waals surface area contributed by atoms with Gasteiger partial charge in [-0.1, -0.05) is 11.6 Å². The van der Waals surface area contributed by atoms with E-state index in [1.165, 1.54) is 0 Å². The van der Waals surface area contributed by atoms with Gasteiger partial charge in [0.25, 0.3) is 9.05 Å². The first-order valence-corrected chi connectivity index (χ1v) is 5.36. The van der Waals surface area contributed by atoms with E-state index in [4.69, 9.17) is 22.3 Å². The van der Waals surface area contributed by atoms with Gasteiger partial charge in [-0.05, 0) is 6.07 Å². The minimum atomic E-state index is -4.08. The first-order valence-electron chi connectivity index (χ1n) is 2.67. The van der Waals surface area contributed by atoms with Gasteiger partial charge in [0.2, 0.25) is 0 Å². The van der Waals surface area contributed by atoms with Crippen LogP contribution in [-0.4, -0.2) is 13.4 Å². The first-order chi connectivity index (χ1) is 5.43. The van der Waals surface area contributed by atoms with Gasteiger partial charge < -0.3 is 0 Å². The Labute approximate surface area is 77.6 Å². The predicted octanol–water partition coefficient (Wildman–Crippen LogP) is 1.80. The summed E-state index contributed by atoms with van der Waals surface area (Å²) in [6, 6.07) is 0.934. The fraction of sp³-hybridized carbons (Fsp3) is 0. The maximum Gasteiger partial charge on any atom is 0.264 e. The Morgan fingerprint density at radius 1 is 1.50 bits per heavy atom. The lowest BCUT2D eigenvalue weighted by Crippen LogP contribution is -1.96. The molecule has 0 N–H and O–H groups in total. The molecule has 0 saturated heterocycles. The van der Waals surface area contributed by atoms with Gasteiger partial charge in [-0.2, -0.15) is 0 Å². The Balaban J connectivity index is 3.47. The molecule has 0 bridgehead atoms. The average Bonchev–Trinajstić information content (AvgIpc) is 1.92. The van der Waals surface area contributed by atoms with Crippen LogP contribution in [0.5, 0.6) is 0 Å². The van der Waals surface area contributed by atoms with Crippen LogP contribution in [0.2, 0.25) is 5.15 Å². The van der Waals surface area contributed by atoms with Gasteiger partial charge in [0.15, 0.2) is 11.0 Å². The number of nitrogens with zero attached hydrogens (tertiary/aromatic N) is 1. The molecule has 1 aromatic rings. The van der Waals surface area contributed by atoms with Gasteiger partial charge in [0.1, 0.15) is 4.90 Å². The van der Waals surface area contributed by atoms with Crippen LogP contribution in [0.4, 0.5) is 4.39 Å². The third-order valence-electron chi connectivity index (χ3n) is 1.07. The van der Waals surface area contributed by atoms with Gasteiger partial charge in [0, 0.05) is 16.9 Å². The van der Waals surface area contributed by atoms with Crippen LogP contribution in [0.25, 0.3) is 0 Å². The van der Waals surface area contributed by atoms with Crippen molar-refractivity contribution >= 4 is 31.3 Å². The third kappa shape index (κ3) is 1.85. The van der Waals surface area contributed by atoms with Crippen molar-refractivity contribution in [1.29, 1.82) is 0 Å². The molecule has 1 rings (SSSR count). The van der Waals surface area contributed by atoms with Crippen LogP contribution in [-0.2, 0) is 9.05 Å². The lowest BCUT2D eigenvalue weighted by Gasteiger charge is -1.97. The van der Waals surface area contributed by atoms with E-state index >= 15 is 0 Å². The van der Waals surface area contributed by atoms with E-state index in [0.717, 1.165) is 12.3 Å². The van der Waals surface area contributed by atoms with Crippen LogP contribution < -0.4 is 0 Å². The quantitative estimate of drug-likeness (QED) is 0.545. The zero-order valence-corrected chi connectivity index (χ0v) is 7.79. The predicted molar refractivity (Wildman–Crippen MR) is 42.2 cm³/mol. The summed E-state index contributed by atoms with van der Waals surface area (Å²) >= 11 is 5.21. The summed E-state index contributed by atoms with van der Waals surface area (Å²) in [5, 5.41) is -0.517. The van der Waals surface area contributed by atoms with Gasteiger partial charge in [-0.25, -0.2) is 17.8 Å². The Bertz CT molecular complexity index is 406. The van der Waals surface area contributed by atoms with E-state index in [1.807, 2.05) is 0 Å². The standard InChI is InChI=1S/C5H2Cl2FNO2S/c6-5-4(8)3(1-2-9-5)12(7,10)11/h1-2H. The van der Waals surface area contributed by atoms with Crippen LogP contribution in [0.1, 0.15) is 0 Å². The topological polar surface area (TPSA) is 47.0 Å². The number of rotatable bonds is 1. The van der Waals surface area contributed by atoms with Crippen LogP contribution in [0.15, 0.2) is 17.2 Å². The molecular formula is C5H2Cl2FNO2S. The molecule has 0 unspecified atom stereocenters. The molecule has 0 amide bonds. The molecule has 0 spiro atoms. The third-order valence-corrected chi connectivity index (χ3v) is 2.68. The molecular weight excluding hydrogens is 228 g/mol. The highest BCUT2D eigenvalue weighted by molar-refractivity contribution is 8.13. The second kappa shape index (κ2) is 3.16. The summed E-state index contributed by atoms with van der Waals surface area (Å²) in [5.74, 6) is -1.13. The van der Waals surface area contributed by atoms with E-state index in [9.17, 15) is 12.8 Å². The Kier molecular flexibility index (Phi) is 2.55. The Morgan fingerprint density at radius 2 is 2.08 bits per heavy atom.